The second-order valence-electron chi connectivity index (χ2n) is 6.33. The monoisotopic (exact) mass is 402 g/mol. The third-order valence-corrected chi connectivity index (χ3v) is 5.24. The maximum Gasteiger partial charge on any atom is 0.270 e. The Morgan fingerprint density at radius 3 is 2.38 bits per heavy atom. The molecule has 0 spiro atoms. The molecule has 0 aliphatic rings. The predicted molar refractivity (Wildman–Crippen MR) is 114 cm³/mol. The van der Waals surface area contributed by atoms with Crippen LogP contribution in [0.3, 0.4) is 0 Å². The van der Waals surface area contributed by atoms with Crippen LogP contribution in [0.1, 0.15) is 10.5 Å². The van der Waals surface area contributed by atoms with Gasteiger partial charge in [-0.15, -0.1) is 11.3 Å². The van der Waals surface area contributed by atoms with Gasteiger partial charge in [-0.1, -0.05) is 60.7 Å². The SMILES string of the molecule is O=C(NCCn1cnc(-c2ccccc2)cc1=O)c1csc(-c2ccccc2)n1. The summed E-state index contributed by atoms with van der Waals surface area (Å²) in [6.45, 7) is 0.644. The molecule has 0 atom stereocenters. The van der Waals surface area contributed by atoms with Crippen LogP contribution < -0.4 is 10.9 Å². The normalized spacial score (nSPS) is 10.6. The number of amides is 1. The Hall–Kier alpha value is -3.58. The van der Waals surface area contributed by atoms with E-state index in [-0.39, 0.29) is 11.5 Å². The Kier molecular flexibility index (Phi) is 5.58. The van der Waals surface area contributed by atoms with Gasteiger partial charge in [0.15, 0.2) is 0 Å². The van der Waals surface area contributed by atoms with Crippen LogP contribution in [0, 0.1) is 0 Å². The maximum absolute atomic E-state index is 12.3. The quantitative estimate of drug-likeness (QED) is 0.536. The van der Waals surface area contributed by atoms with Gasteiger partial charge in [0.1, 0.15) is 10.7 Å². The van der Waals surface area contributed by atoms with Crippen LogP contribution in [-0.2, 0) is 6.54 Å². The summed E-state index contributed by atoms with van der Waals surface area (Å²) >= 11 is 1.43. The number of benzene rings is 2. The van der Waals surface area contributed by atoms with E-state index in [4.69, 9.17) is 0 Å². The van der Waals surface area contributed by atoms with Crippen LogP contribution in [0.2, 0.25) is 0 Å². The first-order valence-corrected chi connectivity index (χ1v) is 10.00. The molecule has 2 aromatic heterocycles. The molecule has 0 aliphatic heterocycles. The van der Waals surface area contributed by atoms with E-state index in [0.717, 1.165) is 16.1 Å². The van der Waals surface area contributed by atoms with Crippen LogP contribution in [0.4, 0.5) is 0 Å². The molecule has 0 bridgehead atoms. The van der Waals surface area contributed by atoms with Gasteiger partial charge >= 0.3 is 0 Å². The highest BCUT2D eigenvalue weighted by Gasteiger charge is 2.11. The lowest BCUT2D eigenvalue weighted by Gasteiger charge is -2.07. The first-order valence-electron chi connectivity index (χ1n) is 9.12. The van der Waals surface area contributed by atoms with Gasteiger partial charge in [0.25, 0.3) is 11.5 Å². The minimum absolute atomic E-state index is 0.159. The number of carbonyl (C=O) groups excluding carboxylic acids is 1. The highest BCUT2D eigenvalue weighted by atomic mass is 32.1. The molecule has 4 aromatic rings. The van der Waals surface area contributed by atoms with Crippen LogP contribution in [0.5, 0.6) is 0 Å². The van der Waals surface area contributed by atoms with Crippen molar-refractivity contribution in [3.8, 4) is 21.8 Å². The Balaban J connectivity index is 1.36. The number of aromatic nitrogens is 3. The topological polar surface area (TPSA) is 76.9 Å². The van der Waals surface area contributed by atoms with E-state index in [1.807, 2.05) is 60.7 Å². The van der Waals surface area contributed by atoms with Gasteiger partial charge in [0, 0.05) is 35.7 Å². The molecule has 0 fully saturated rings. The molecule has 0 saturated carbocycles. The van der Waals surface area contributed by atoms with Crippen molar-refractivity contribution < 1.29 is 4.79 Å². The van der Waals surface area contributed by atoms with Crippen molar-refractivity contribution in [1.29, 1.82) is 0 Å². The van der Waals surface area contributed by atoms with Crippen molar-refractivity contribution in [3.05, 3.63) is 94.5 Å². The lowest BCUT2D eigenvalue weighted by molar-refractivity contribution is 0.0948. The van der Waals surface area contributed by atoms with Gasteiger partial charge in [0.2, 0.25) is 0 Å². The van der Waals surface area contributed by atoms with Gasteiger partial charge < -0.3 is 5.32 Å². The van der Waals surface area contributed by atoms with E-state index >= 15 is 0 Å². The molecule has 6 nitrogen and oxygen atoms in total. The number of rotatable bonds is 6. The number of carbonyl (C=O) groups is 1. The zero-order chi connectivity index (χ0) is 20.1. The van der Waals surface area contributed by atoms with Gasteiger partial charge in [0.05, 0.1) is 12.0 Å². The molecule has 29 heavy (non-hydrogen) atoms. The summed E-state index contributed by atoms with van der Waals surface area (Å²) in [5.41, 5.74) is 2.72. The van der Waals surface area contributed by atoms with E-state index in [1.165, 1.54) is 28.3 Å². The zero-order valence-corrected chi connectivity index (χ0v) is 16.3. The minimum atomic E-state index is -0.259. The summed E-state index contributed by atoms with van der Waals surface area (Å²) in [6.07, 6.45) is 1.51. The highest BCUT2D eigenvalue weighted by Crippen LogP contribution is 2.23. The molecule has 1 N–H and O–H groups in total. The van der Waals surface area contributed by atoms with Crippen molar-refractivity contribution in [2.45, 2.75) is 6.54 Å². The maximum atomic E-state index is 12.3. The molecule has 2 aromatic carbocycles. The van der Waals surface area contributed by atoms with Crippen LogP contribution >= 0.6 is 11.3 Å². The van der Waals surface area contributed by atoms with Gasteiger partial charge in [-0.25, -0.2) is 9.97 Å². The molecule has 4 rings (SSSR count). The fourth-order valence-corrected chi connectivity index (χ4v) is 3.64. The van der Waals surface area contributed by atoms with Gasteiger partial charge in [-0.05, 0) is 0 Å². The molecular weight excluding hydrogens is 384 g/mol. The molecule has 7 heteroatoms. The zero-order valence-electron chi connectivity index (χ0n) is 15.5. The average molecular weight is 402 g/mol. The summed E-state index contributed by atoms with van der Waals surface area (Å²) in [4.78, 5) is 33.4. The summed E-state index contributed by atoms with van der Waals surface area (Å²) in [5, 5.41) is 5.34. The molecule has 0 unspecified atom stereocenters. The standard InChI is InChI=1S/C22H18N4O2S/c27-20-13-18(16-7-3-1-4-8-16)24-15-26(20)12-11-23-21(28)19-14-29-22(25-19)17-9-5-2-6-10-17/h1-10,13-15H,11-12H2,(H,23,28). The molecule has 2 heterocycles. The first-order chi connectivity index (χ1) is 14.2. The largest absolute Gasteiger partial charge is 0.349 e. The highest BCUT2D eigenvalue weighted by molar-refractivity contribution is 7.13. The number of hydrogen-bond donors (Lipinski definition) is 1. The third-order valence-electron chi connectivity index (χ3n) is 4.34. The fourth-order valence-electron chi connectivity index (χ4n) is 2.83. The van der Waals surface area contributed by atoms with Crippen molar-refractivity contribution in [2.75, 3.05) is 6.54 Å². The third kappa shape index (κ3) is 4.47. The molecule has 0 aliphatic carbocycles. The van der Waals surface area contributed by atoms with Gasteiger partial charge in [-0.2, -0.15) is 0 Å². The van der Waals surface area contributed by atoms with E-state index in [1.54, 1.807) is 5.38 Å². The van der Waals surface area contributed by atoms with Crippen LogP contribution in [0.15, 0.2) is 83.2 Å². The Morgan fingerprint density at radius 1 is 1.00 bits per heavy atom. The molecule has 144 valence electrons. The second-order valence-corrected chi connectivity index (χ2v) is 7.19. The van der Waals surface area contributed by atoms with Gasteiger partial charge in [-0.3, -0.25) is 14.2 Å². The van der Waals surface area contributed by atoms with Crippen molar-refractivity contribution in [2.24, 2.45) is 0 Å². The Morgan fingerprint density at radius 2 is 1.69 bits per heavy atom. The van der Waals surface area contributed by atoms with E-state index in [2.05, 4.69) is 15.3 Å². The second kappa shape index (κ2) is 8.62. The summed E-state index contributed by atoms with van der Waals surface area (Å²) < 4.78 is 1.48. The predicted octanol–water partition coefficient (Wildman–Crippen LogP) is 3.46. The van der Waals surface area contributed by atoms with Crippen molar-refractivity contribution in [3.63, 3.8) is 0 Å². The number of thiazole rings is 1. The lowest BCUT2D eigenvalue weighted by atomic mass is 10.1. The lowest BCUT2D eigenvalue weighted by Crippen LogP contribution is -2.31. The Labute approximate surface area is 171 Å². The number of hydrogen-bond acceptors (Lipinski definition) is 5. The molecule has 1 amide bonds. The van der Waals surface area contributed by atoms with Crippen LogP contribution in [0.25, 0.3) is 21.8 Å². The molecular formula is C22H18N4O2S. The average Bonchev–Trinajstić information content (AvgIpc) is 3.26. The summed E-state index contributed by atoms with van der Waals surface area (Å²) in [6, 6.07) is 20.8. The summed E-state index contributed by atoms with van der Waals surface area (Å²) in [5.74, 6) is -0.259. The molecule has 0 radical (unpaired) electrons. The molecule has 0 saturated heterocycles. The first kappa shape index (κ1) is 18.8. The van der Waals surface area contributed by atoms with Crippen molar-refractivity contribution in [1.82, 2.24) is 19.9 Å². The van der Waals surface area contributed by atoms with Crippen molar-refractivity contribution >= 4 is 17.2 Å². The minimum Gasteiger partial charge on any atom is -0.349 e. The fraction of sp³-hybridized carbons (Fsp3) is 0.0909. The smallest absolute Gasteiger partial charge is 0.270 e. The van der Waals surface area contributed by atoms with E-state index in [0.29, 0.717) is 24.5 Å². The number of nitrogens with one attached hydrogen (secondary N) is 1. The Bertz CT molecular complexity index is 1170. The van der Waals surface area contributed by atoms with Crippen LogP contribution in [-0.4, -0.2) is 27.0 Å². The van der Waals surface area contributed by atoms with E-state index in [9.17, 15) is 9.59 Å². The summed E-state index contributed by atoms with van der Waals surface area (Å²) in [7, 11) is 0. The van der Waals surface area contributed by atoms with E-state index < -0.39 is 0 Å². The number of nitrogens with zero attached hydrogens (tertiary/aromatic N) is 3.